The Balaban J connectivity index is 2.34. The second-order valence-electron chi connectivity index (χ2n) is 4.14. The molecule has 0 saturated heterocycles. The summed E-state index contributed by atoms with van der Waals surface area (Å²) in [6.07, 6.45) is 0.710. The van der Waals surface area contributed by atoms with Crippen molar-refractivity contribution >= 4 is 44.9 Å². The molecule has 2 aromatic heterocycles. The molecule has 0 fully saturated rings. The fourth-order valence-electron chi connectivity index (χ4n) is 1.92. The zero-order valence-electron chi connectivity index (χ0n) is 10.4. The van der Waals surface area contributed by atoms with E-state index in [-0.39, 0.29) is 0 Å². The van der Waals surface area contributed by atoms with E-state index in [1.54, 1.807) is 0 Å². The van der Waals surface area contributed by atoms with Gasteiger partial charge in [0, 0.05) is 16.5 Å². The van der Waals surface area contributed by atoms with E-state index in [2.05, 4.69) is 31.0 Å². The molecule has 0 spiro atoms. The van der Waals surface area contributed by atoms with Crippen LogP contribution in [0.4, 0.5) is 0 Å². The molecular weight excluding hydrogens is 363 g/mol. The van der Waals surface area contributed by atoms with E-state index in [1.165, 1.54) is 4.52 Å². The first-order valence-corrected chi connectivity index (χ1v) is 7.52. The van der Waals surface area contributed by atoms with Gasteiger partial charge in [0.15, 0.2) is 5.82 Å². The molecule has 0 bridgehead atoms. The standard InChI is InChI=1S/C13H9BrCl2N4/c1-2-9-17-13-18-11(15)10(12(16)20(13)19-9)7-5-3-4-6-8(7)14/h3-6H,2H2,1H3. The zero-order valence-corrected chi connectivity index (χ0v) is 13.5. The van der Waals surface area contributed by atoms with E-state index in [4.69, 9.17) is 23.2 Å². The van der Waals surface area contributed by atoms with Crippen molar-refractivity contribution in [3.8, 4) is 11.1 Å². The van der Waals surface area contributed by atoms with E-state index in [0.29, 0.717) is 33.9 Å². The quantitative estimate of drug-likeness (QED) is 0.626. The predicted molar refractivity (Wildman–Crippen MR) is 83.3 cm³/mol. The smallest absolute Gasteiger partial charge is 0.198 e. The van der Waals surface area contributed by atoms with Crippen LogP contribution in [-0.2, 0) is 6.42 Å². The average Bonchev–Trinajstić information content (AvgIpc) is 2.84. The summed E-state index contributed by atoms with van der Waals surface area (Å²) in [5.74, 6) is 1.09. The summed E-state index contributed by atoms with van der Waals surface area (Å²) >= 11 is 16.2. The van der Waals surface area contributed by atoms with Crippen LogP contribution in [0.1, 0.15) is 12.7 Å². The summed E-state index contributed by atoms with van der Waals surface area (Å²) < 4.78 is 2.40. The summed E-state index contributed by atoms with van der Waals surface area (Å²) in [6.45, 7) is 1.97. The topological polar surface area (TPSA) is 43.1 Å². The molecule has 0 radical (unpaired) electrons. The van der Waals surface area contributed by atoms with Gasteiger partial charge in [-0.25, -0.2) is 0 Å². The van der Waals surface area contributed by atoms with Crippen LogP contribution in [-0.4, -0.2) is 19.6 Å². The number of benzene rings is 1. The van der Waals surface area contributed by atoms with Crippen molar-refractivity contribution in [2.45, 2.75) is 13.3 Å². The van der Waals surface area contributed by atoms with Gasteiger partial charge < -0.3 is 0 Å². The van der Waals surface area contributed by atoms with Crippen LogP contribution in [0.15, 0.2) is 28.7 Å². The second kappa shape index (κ2) is 5.31. The number of nitrogens with zero attached hydrogens (tertiary/aromatic N) is 4. The van der Waals surface area contributed by atoms with Gasteiger partial charge in [-0.2, -0.15) is 14.5 Å². The lowest BCUT2D eigenvalue weighted by Gasteiger charge is -2.09. The molecule has 20 heavy (non-hydrogen) atoms. The van der Waals surface area contributed by atoms with Crippen molar-refractivity contribution < 1.29 is 0 Å². The van der Waals surface area contributed by atoms with Crippen LogP contribution in [0.25, 0.3) is 16.9 Å². The number of hydrogen-bond acceptors (Lipinski definition) is 3. The minimum absolute atomic E-state index is 0.310. The highest BCUT2D eigenvalue weighted by molar-refractivity contribution is 9.10. The molecule has 2 heterocycles. The molecule has 3 aromatic rings. The Hall–Kier alpha value is -1.17. The minimum atomic E-state index is 0.310. The van der Waals surface area contributed by atoms with Gasteiger partial charge in [0.1, 0.15) is 10.3 Å². The van der Waals surface area contributed by atoms with E-state index < -0.39 is 0 Å². The average molecular weight is 372 g/mol. The Morgan fingerprint density at radius 2 is 1.95 bits per heavy atom. The summed E-state index contributed by atoms with van der Waals surface area (Å²) in [5, 5.41) is 5.04. The number of fused-ring (bicyclic) bond motifs is 1. The number of aromatic nitrogens is 4. The summed E-state index contributed by atoms with van der Waals surface area (Å²) in [5.41, 5.74) is 1.51. The normalized spacial score (nSPS) is 11.2. The highest BCUT2D eigenvalue weighted by Gasteiger charge is 2.18. The van der Waals surface area contributed by atoms with Gasteiger partial charge in [-0.15, -0.1) is 5.10 Å². The van der Waals surface area contributed by atoms with Crippen molar-refractivity contribution in [2.24, 2.45) is 0 Å². The Kier molecular flexibility index (Phi) is 3.67. The molecule has 0 atom stereocenters. The molecule has 1 aromatic carbocycles. The third-order valence-electron chi connectivity index (χ3n) is 2.89. The molecule has 7 heteroatoms. The van der Waals surface area contributed by atoms with Crippen LogP contribution >= 0.6 is 39.1 Å². The molecule has 0 amide bonds. The first kappa shape index (κ1) is 13.8. The molecule has 3 rings (SSSR count). The molecule has 0 aliphatic heterocycles. The highest BCUT2D eigenvalue weighted by atomic mass is 79.9. The van der Waals surface area contributed by atoms with Gasteiger partial charge >= 0.3 is 0 Å². The van der Waals surface area contributed by atoms with E-state index in [1.807, 2.05) is 31.2 Å². The van der Waals surface area contributed by atoms with Gasteiger partial charge in [0.2, 0.25) is 0 Å². The lowest BCUT2D eigenvalue weighted by Crippen LogP contribution is -1.98. The number of hydrogen-bond donors (Lipinski definition) is 0. The third kappa shape index (κ3) is 2.20. The number of aryl methyl sites for hydroxylation is 1. The van der Waals surface area contributed by atoms with Crippen molar-refractivity contribution in [1.82, 2.24) is 19.6 Å². The molecule has 0 saturated carbocycles. The lowest BCUT2D eigenvalue weighted by atomic mass is 10.1. The molecule has 0 aliphatic rings. The van der Waals surface area contributed by atoms with Crippen LogP contribution < -0.4 is 0 Å². The van der Waals surface area contributed by atoms with Gasteiger partial charge in [0.05, 0.1) is 5.56 Å². The fourth-order valence-corrected chi connectivity index (χ4v) is 3.02. The van der Waals surface area contributed by atoms with Crippen molar-refractivity contribution in [1.29, 1.82) is 0 Å². The molecule has 4 nitrogen and oxygen atoms in total. The third-order valence-corrected chi connectivity index (χ3v) is 4.20. The Morgan fingerprint density at radius 1 is 1.20 bits per heavy atom. The number of rotatable bonds is 2. The van der Waals surface area contributed by atoms with Crippen LogP contribution in [0.2, 0.25) is 10.3 Å². The monoisotopic (exact) mass is 370 g/mol. The van der Waals surface area contributed by atoms with Crippen molar-refractivity contribution in [3.05, 3.63) is 44.9 Å². The summed E-state index contributed by atoms with van der Waals surface area (Å²) in [6, 6.07) is 7.68. The Labute approximate surface area is 133 Å². The Morgan fingerprint density at radius 3 is 2.65 bits per heavy atom. The largest absolute Gasteiger partial charge is 0.255 e. The maximum Gasteiger partial charge on any atom is 0.255 e. The van der Waals surface area contributed by atoms with Gasteiger partial charge in [-0.05, 0) is 6.07 Å². The second-order valence-corrected chi connectivity index (χ2v) is 5.71. The first-order valence-electron chi connectivity index (χ1n) is 5.97. The minimum Gasteiger partial charge on any atom is -0.198 e. The van der Waals surface area contributed by atoms with E-state index >= 15 is 0 Å². The molecule has 0 unspecified atom stereocenters. The SMILES string of the molecule is CCc1nc2nc(Cl)c(-c3ccccc3Br)c(Cl)n2n1. The maximum absolute atomic E-state index is 6.44. The summed E-state index contributed by atoms with van der Waals surface area (Å²) in [4.78, 5) is 8.54. The lowest BCUT2D eigenvalue weighted by molar-refractivity contribution is 0.881. The molecular formula is C13H9BrCl2N4. The number of halogens is 3. The van der Waals surface area contributed by atoms with Crippen LogP contribution in [0, 0.1) is 0 Å². The molecule has 0 N–H and O–H groups in total. The van der Waals surface area contributed by atoms with Crippen molar-refractivity contribution in [2.75, 3.05) is 0 Å². The zero-order chi connectivity index (χ0) is 14.3. The van der Waals surface area contributed by atoms with Crippen molar-refractivity contribution in [3.63, 3.8) is 0 Å². The van der Waals surface area contributed by atoms with Gasteiger partial charge in [-0.3, -0.25) is 0 Å². The van der Waals surface area contributed by atoms with Gasteiger partial charge in [0.25, 0.3) is 5.78 Å². The molecule has 0 aliphatic carbocycles. The van der Waals surface area contributed by atoms with Crippen LogP contribution in [0.3, 0.4) is 0 Å². The van der Waals surface area contributed by atoms with E-state index in [9.17, 15) is 0 Å². The highest BCUT2D eigenvalue weighted by Crippen LogP contribution is 2.37. The summed E-state index contributed by atoms with van der Waals surface area (Å²) in [7, 11) is 0. The predicted octanol–water partition coefficient (Wildman–Crippen LogP) is 4.42. The molecule has 102 valence electrons. The maximum atomic E-state index is 6.44. The Bertz CT molecular complexity index is 800. The van der Waals surface area contributed by atoms with E-state index in [0.717, 1.165) is 10.0 Å². The first-order chi connectivity index (χ1) is 9.61. The van der Waals surface area contributed by atoms with Gasteiger partial charge in [-0.1, -0.05) is 64.3 Å². The van der Waals surface area contributed by atoms with Crippen LogP contribution in [0.5, 0.6) is 0 Å². The fraction of sp³-hybridized carbons (Fsp3) is 0.154.